The molecule has 0 aromatic heterocycles. The summed E-state index contributed by atoms with van der Waals surface area (Å²) in [7, 11) is 0. The summed E-state index contributed by atoms with van der Waals surface area (Å²) in [5, 5.41) is 9.92. The summed E-state index contributed by atoms with van der Waals surface area (Å²) in [5.41, 5.74) is 0.0462. The average molecular weight is 331 g/mol. The van der Waals surface area contributed by atoms with Crippen molar-refractivity contribution < 1.29 is 18.3 Å². The number of aliphatic hydroxyl groups is 1. The molecule has 100 valence electrons. The third-order valence-corrected chi connectivity index (χ3v) is 3.38. The molecule has 1 N–H and O–H groups in total. The second-order valence-electron chi connectivity index (χ2n) is 4.10. The van der Waals surface area contributed by atoms with Crippen molar-refractivity contribution in [3.63, 3.8) is 0 Å². The first-order chi connectivity index (χ1) is 8.99. The molecule has 0 aliphatic carbocycles. The highest BCUT2D eigenvalue weighted by atomic mass is 79.9. The molecular formula is C14H10BrF3O. The van der Waals surface area contributed by atoms with E-state index in [4.69, 9.17) is 0 Å². The zero-order valence-electron chi connectivity index (χ0n) is 9.71. The molecule has 19 heavy (non-hydrogen) atoms. The molecule has 0 radical (unpaired) electrons. The fraction of sp³-hybridized carbons (Fsp3) is 0.143. The predicted octanol–water partition coefficient (Wildman–Crippen LogP) is 4.14. The van der Waals surface area contributed by atoms with Crippen molar-refractivity contribution in [2.24, 2.45) is 0 Å². The van der Waals surface area contributed by atoms with Gasteiger partial charge in [0, 0.05) is 12.0 Å². The van der Waals surface area contributed by atoms with E-state index in [1.807, 2.05) is 0 Å². The van der Waals surface area contributed by atoms with Crippen LogP contribution in [0.1, 0.15) is 17.2 Å². The molecule has 0 fully saturated rings. The molecule has 0 amide bonds. The van der Waals surface area contributed by atoms with Crippen LogP contribution in [0.3, 0.4) is 0 Å². The molecule has 0 aliphatic rings. The maximum absolute atomic E-state index is 13.7. The molecule has 0 saturated heterocycles. The summed E-state index contributed by atoms with van der Waals surface area (Å²) in [6.07, 6.45) is -1.44. The van der Waals surface area contributed by atoms with Gasteiger partial charge in [0.25, 0.3) is 0 Å². The predicted molar refractivity (Wildman–Crippen MR) is 69.1 cm³/mol. The van der Waals surface area contributed by atoms with Crippen LogP contribution in [0.25, 0.3) is 0 Å². The van der Waals surface area contributed by atoms with E-state index in [-0.39, 0.29) is 22.0 Å². The summed E-state index contributed by atoms with van der Waals surface area (Å²) >= 11 is 2.95. The summed E-state index contributed by atoms with van der Waals surface area (Å²) < 4.78 is 40.4. The lowest BCUT2D eigenvalue weighted by molar-refractivity contribution is 0.175. The van der Waals surface area contributed by atoms with Gasteiger partial charge in [0.15, 0.2) is 0 Å². The standard InChI is InChI=1S/C14H10BrF3O/c15-11-4-5-12(17)10(14(11)18)7-13(19)8-2-1-3-9(16)6-8/h1-6,13,19H,7H2. The maximum atomic E-state index is 13.7. The van der Waals surface area contributed by atoms with Crippen LogP contribution in [-0.4, -0.2) is 5.11 Å². The topological polar surface area (TPSA) is 20.2 Å². The van der Waals surface area contributed by atoms with Gasteiger partial charge in [0.05, 0.1) is 10.6 Å². The van der Waals surface area contributed by atoms with Crippen LogP contribution >= 0.6 is 15.9 Å². The Morgan fingerprint density at radius 3 is 2.53 bits per heavy atom. The van der Waals surface area contributed by atoms with Crippen molar-refractivity contribution in [1.29, 1.82) is 0 Å². The molecule has 0 bridgehead atoms. The minimum atomic E-state index is -1.17. The summed E-state index contributed by atoms with van der Waals surface area (Å²) in [5.74, 6) is -2.00. The van der Waals surface area contributed by atoms with E-state index in [9.17, 15) is 18.3 Å². The average Bonchev–Trinajstić information content (AvgIpc) is 2.39. The van der Waals surface area contributed by atoms with Crippen molar-refractivity contribution in [3.8, 4) is 0 Å². The quantitative estimate of drug-likeness (QED) is 0.838. The third kappa shape index (κ3) is 3.16. The lowest BCUT2D eigenvalue weighted by atomic mass is 10.0. The first kappa shape index (κ1) is 14.1. The van der Waals surface area contributed by atoms with Crippen molar-refractivity contribution in [2.75, 3.05) is 0 Å². The van der Waals surface area contributed by atoms with E-state index in [0.29, 0.717) is 0 Å². The number of aliphatic hydroxyl groups excluding tert-OH is 1. The minimum Gasteiger partial charge on any atom is -0.388 e. The van der Waals surface area contributed by atoms with Crippen molar-refractivity contribution in [2.45, 2.75) is 12.5 Å². The Hall–Kier alpha value is -1.33. The van der Waals surface area contributed by atoms with Gasteiger partial charge in [-0.3, -0.25) is 0 Å². The highest BCUT2D eigenvalue weighted by molar-refractivity contribution is 9.10. The largest absolute Gasteiger partial charge is 0.388 e. The summed E-state index contributed by atoms with van der Waals surface area (Å²) in [6.45, 7) is 0. The number of halogens is 4. The summed E-state index contributed by atoms with van der Waals surface area (Å²) in [6, 6.07) is 7.67. The molecule has 0 heterocycles. The van der Waals surface area contributed by atoms with Gasteiger partial charge in [0.2, 0.25) is 0 Å². The van der Waals surface area contributed by atoms with Gasteiger partial charge in [-0.2, -0.15) is 0 Å². The molecule has 0 aliphatic heterocycles. The molecule has 2 aromatic rings. The molecule has 1 atom stereocenters. The van der Waals surface area contributed by atoms with Gasteiger partial charge in [-0.05, 0) is 45.8 Å². The van der Waals surface area contributed by atoms with Gasteiger partial charge in [-0.15, -0.1) is 0 Å². The summed E-state index contributed by atoms with van der Waals surface area (Å²) in [4.78, 5) is 0. The smallest absolute Gasteiger partial charge is 0.143 e. The molecule has 2 rings (SSSR count). The van der Waals surface area contributed by atoms with E-state index in [1.54, 1.807) is 0 Å². The van der Waals surface area contributed by atoms with Crippen LogP contribution in [0.2, 0.25) is 0 Å². The lowest BCUT2D eigenvalue weighted by Gasteiger charge is -2.13. The van der Waals surface area contributed by atoms with E-state index in [1.165, 1.54) is 24.3 Å². The van der Waals surface area contributed by atoms with Crippen LogP contribution < -0.4 is 0 Å². The van der Waals surface area contributed by atoms with Crippen LogP contribution in [0, 0.1) is 17.5 Å². The molecule has 2 aromatic carbocycles. The van der Waals surface area contributed by atoms with E-state index in [2.05, 4.69) is 15.9 Å². The minimum absolute atomic E-state index is 0.121. The number of hydrogen-bond acceptors (Lipinski definition) is 1. The van der Waals surface area contributed by atoms with Crippen LogP contribution in [0.15, 0.2) is 40.9 Å². The molecule has 5 heteroatoms. The molecular weight excluding hydrogens is 321 g/mol. The molecule has 0 spiro atoms. The normalized spacial score (nSPS) is 12.5. The van der Waals surface area contributed by atoms with Crippen LogP contribution in [-0.2, 0) is 6.42 Å². The zero-order valence-corrected chi connectivity index (χ0v) is 11.3. The van der Waals surface area contributed by atoms with E-state index < -0.39 is 23.6 Å². The Bertz CT molecular complexity index is 601. The second-order valence-corrected chi connectivity index (χ2v) is 4.95. The van der Waals surface area contributed by atoms with Crippen molar-refractivity contribution in [1.82, 2.24) is 0 Å². The number of benzene rings is 2. The second kappa shape index (κ2) is 5.75. The fourth-order valence-electron chi connectivity index (χ4n) is 1.78. The SMILES string of the molecule is OC(Cc1c(F)ccc(Br)c1F)c1cccc(F)c1. The van der Waals surface area contributed by atoms with Gasteiger partial charge >= 0.3 is 0 Å². The highest BCUT2D eigenvalue weighted by Gasteiger charge is 2.17. The maximum Gasteiger partial charge on any atom is 0.143 e. The van der Waals surface area contributed by atoms with Crippen molar-refractivity contribution >= 4 is 15.9 Å². The molecule has 0 saturated carbocycles. The highest BCUT2D eigenvalue weighted by Crippen LogP contribution is 2.26. The first-order valence-electron chi connectivity index (χ1n) is 5.55. The van der Waals surface area contributed by atoms with E-state index in [0.717, 1.165) is 12.1 Å². The van der Waals surface area contributed by atoms with Crippen LogP contribution in [0.4, 0.5) is 13.2 Å². The van der Waals surface area contributed by atoms with Crippen molar-refractivity contribution in [3.05, 3.63) is 69.4 Å². The van der Waals surface area contributed by atoms with E-state index >= 15 is 0 Å². The Kier molecular flexibility index (Phi) is 4.27. The Morgan fingerprint density at radius 1 is 1.11 bits per heavy atom. The van der Waals surface area contributed by atoms with Crippen LogP contribution in [0.5, 0.6) is 0 Å². The number of hydrogen-bond donors (Lipinski definition) is 1. The van der Waals surface area contributed by atoms with Gasteiger partial charge < -0.3 is 5.11 Å². The Balaban J connectivity index is 2.29. The van der Waals surface area contributed by atoms with Gasteiger partial charge in [-0.1, -0.05) is 12.1 Å². The van der Waals surface area contributed by atoms with Gasteiger partial charge in [0.1, 0.15) is 17.5 Å². The Morgan fingerprint density at radius 2 is 1.84 bits per heavy atom. The number of rotatable bonds is 3. The monoisotopic (exact) mass is 330 g/mol. The zero-order chi connectivity index (χ0) is 14.0. The molecule has 1 nitrogen and oxygen atoms in total. The Labute approximate surface area is 116 Å². The third-order valence-electron chi connectivity index (χ3n) is 2.77. The lowest BCUT2D eigenvalue weighted by Crippen LogP contribution is -2.06. The fourth-order valence-corrected chi connectivity index (χ4v) is 2.15. The first-order valence-corrected chi connectivity index (χ1v) is 6.34. The van der Waals surface area contributed by atoms with Gasteiger partial charge in [-0.25, -0.2) is 13.2 Å². The molecule has 1 unspecified atom stereocenters.